The molecule has 3 aromatic rings. The molecule has 1 N–H and O–H groups in total. The normalized spacial score (nSPS) is 10.5. The van der Waals surface area contributed by atoms with Gasteiger partial charge in [-0.2, -0.15) is 5.10 Å². The zero-order valence-electron chi connectivity index (χ0n) is 11.6. The number of nitrogens with zero attached hydrogens (tertiary/aromatic N) is 3. The van der Waals surface area contributed by atoms with Crippen LogP contribution >= 0.6 is 34.5 Å². The SMILES string of the molecule is O=C(Nc1nccs1)c1ccn(COc2ccc(Cl)cc2Cl)n1. The van der Waals surface area contributed by atoms with Crippen molar-refractivity contribution < 1.29 is 9.53 Å². The van der Waals surface area contributed by atoms with Crippen LogP contribution in [-0.2, 0) is 6.73 Å². The van der Waals surface area contributed by atoms with Crippen LogP contribution in [0, 0.1) is 0 Å². The van der Waals surface area contributed by atoms with Crippen LogP contribution in [0.3, 0.4) is 0 Å². The minimum atomic E-state index is -0.330. The summed E-state index contributed by atoms with van der Waals surface area (Å²) in [6, 6.07) is 6.53. The second-order valence-corrected chi connectivity index (χ2v) is 6.12. The van der Waals surface area contributed by atoms with Crippen molar-refractivity contribution in [1.82, 2.24) is 14.8 Å². The Labute approximate surface area is 145 Å². The molecule has 0 saturated heterocycles. The van der Waals surface area contributed by atoms with Crippen molar-refractivity contribution in [3.8, 4) is 5.75 Å². The van der Waals surface area contributed by atoms with Crippen LogP contribution in [0.5, 0.6) is 5.75 Å². The van der Waals surface area contributed by atoms with E-state index in [9.17, 15) is 4.79 Å². The third kappa shape index (κ3) is 4.01. The molecule has 0 radical (unpaired) electrons. The number of ether oxygens (including phenoxy) is 1. The predicted octanol–water partition coefficient (Wildman–Crippen LogP) is 3.94. The maximum Gasteiger partial charge on any atom is 0.277 e. The first-order chi connectivity index (χ1) is 11.1. The number of hydrogen-bond acceptors (Lipinski definition) is 5. The van der Waals surface area contributed by atoms with Gasteiger partial charge in [0.25, 0.3) is 5.91 Å². The molecule has 0 fully saturated rings. The Morgan fingerprint density at radius 2 is 2.22 bits per heavy atom. The highest BCUT2D eigenvalue weighted by molar-refractivity contribution is 7.13. The lowest BCUT2D eigenvalue weighted by Crippen LogP contribution is -2.14. The van der Waals surface area contributed by atoms with E-state index in [1.54, 1.807) is 42.0 Å². The number of anilines is 1. The van der Waals surface area contributed by atoms with Gasteiger partial charge in [0, 0.05) is 22.8 Å². The summed E-state index contributed by atoms with van der Waals surface area (Å²) in [4.78, 5) is 16.0. The molecule has 23 heavy (non-hydrogen) atoms. The van der Waals surface area contributed by atoms with Gasteiger partial charge in [0.15, 0.2) is 17.6 Å². The Morgan fingerprint density at radius 3 is 2.96 bits per heavy atom. The number of halogens is 2. The summed E-state index contributed by atoms with van der Waals surface area (Å²) in [5, 5.41) is 10.0. The van der Waals surface area contributed by atoms with Gasteiger partial charge in [-0.25, -0.2) is 9.67 Å². The van der Waals surface area contributed by atoms with E-state index in [0.717, 1.165) is 0 Å². The molecule has 6 nitrogen and oxygen atoms in total. The van der Waals surface area contributed by atoms with Gasteiger partial charge < -0.3 is 4.74 Å². The molecule has 0 aliphatic heterocycles. The number of benzene rings is 1. The van der Waals surface area contributed by atoms with Crippen LogP contribution in [0.1, 0.15) is 10.5 Å². The number of nitrogens with one attached hydrogen (secondary N) is 1. The highest BCUT2D eigenvalue weighted by Crippen LogP contribution is 2.27. The Hall–Kier alpha value is -2.09. The number of carbonyl (C=O) groups is 1. The molecule has 0 unspecified atom stereocenters. The number of thiazole rings is 1. The van der Waals surface area contributed by atoms with Gasteiger partial charge in [0.05, 0.1) is 5.02 Å². The van der Waals surface area contributed by atoms with E-state index >= 15 is 0 Å². The molecule has 118 valence electrons. The predicted molar refractivity (Wildman–Crippen MR) is 89.4 cm³/mol. The van der Waals surface area contributed by atoms with E-state index in [-0.39, 0.29) is 18.3 Å². The van der Waals surface area contributed by atoms with Crippen molar-refractivity contribution >= 4 is 45.6 Å². The van der Waals surface area contributed by atoms with Gasteiger partial charge in [-0.15, -0.1) is 11.3 Å². The van der Waals surface area contributed by atoms with Gasteiger partial charge in [-0.05, 0) is 24.3 Å². The molecular weight excluding hydrogens is 359 g/mol. The fourth-order valence-corrected chi connectivity index (χ4v) is 2.72. The smallest absolute Gasteiger partial charge is 0.277 e. The summed E-state index contributed by atoms with van der Waals surface area (Å²) in [6.45, 7) is 0.117. The number of carbonyl (C=O) groups excluding carboxylic acids is 1. The van der Waals surface area contributed by atoms with Gasteiger partial charge in [-0.1, -0.05) is 23.2 Å². The van der Waals surface area contributed by atoms with Crippen LogP contribution in [0.15, 0.2) is 42.0 Å². The Kier molecular flexibility index (Phi) is 4.80. The molecule has 0 bridgehead atoms. The summed E-state index contributed by atoms with van der Waals surface area (Å²) in [6.07, 6.45) is 3.25. The monoisotopic (exact) mass is 368 g/mol. The molecule has 0 spiro atoms. The van der Waals surface area contributed by atoms with Crippen LogP contribution in [-0.4, -0.2) is 20.7 Å². The first kappa shape index (κ1) is 15.8. The molecule has 1 aromatic carbocycles. The van der Waals surface area contributed by atoms with Crippen molar-refractivity contribution in [2.24, 2.45) is 0 Å². The number of rotatable bonds is 5. The molecular formula is C14H10Cl2N4O2S. The van der Waals surface area contributed by atoms with E-state index in [0.29, 0.717) is 20.9 Å². The van der Waals surface area contributed by atoms with Crippen molar-refractivity contribution in [1.29, 1.82) is 0 Å². The molecule has 0 aliphatic carbocycles. The standard InChI is InChI=1S/C14H10Cl2N4O2S/c15-9-1-2-12(10(16)7-9)22-8-20-5-3-11(19-20)13(21)18-14-17-4-6-23-14/h1-7H,8H2,(H,17,18,21). The molecule has 2 heterocycles. The van der Waals surface area contributed by atoms with Crippen molar-refractivity contribution in [3.05, 3.63) is 57.8 Å². The molecule has 0 atom stereocenters. The topological polar surface area (TPSA) is 69.0 Å². The second-order valence-electron chi connectivity index (χ2n) is 4.38. The van der Waals surface area contributed by atoms with E-state index < -0.39 is 0 Å². The van der Waals surface area contributed by atoms with Crippen molar-refractivity contribution in [2.45, 2.75) is 6.73 Å². The summed E-state index contributed by atoms with van der Waals surface area (Å²) in [5.41, 5.74) is 0.269. The highest BCUT2D eigenvalue weighted by Gasteiger charge is 2.11. The lowest BCUT2D eigenvalue weighted by Gasteiger charge is -2.08. The molecule has 0 aliphatic rings. The quantitative estimate of drug-likeness (QED) is 0.740. The lowest BCUT2D eigenvalue weighted by atomic mass is 10.3. The average molecular weight is 369 g/mol. The maximum absolute atomic E-state index is 12.0. The minimum Gasteiger partial charge on any atom is -0.470 e. The Bertz CT molecular complexity index is 820. The van der Waals surface area contributed by atoms with E-state index in [4.69, 9.17) is 27.9 Å². The van der Waals surface area contributed by atoms with Gasteiger partial charge in [0.2, 0.25) is 0 Å². The zero-order valence-corrected chi connectivity index (χ0v) is 13.9. The summed E-state index contributed by atoms with van der Waals surface area (Å²) in [7, 11) is 0. The fourth-order valence-electron chi connectivity index (χ4n) is 1.73. The molecule has 9 heteroatoms. The number of aromatic nitrogens is 3. The summed E-state index contributed by atoms with van der Waals surface area (Å²) >= 11 is 13.2. The Morgan fingerprint density at radius 1 is 1.35 bits per heavy atom. The van der Waals surface area contributed by atoms with Gasteiger partial charge in [-0.3, -0.25) is 10.1 Å². The summed E-state index contributed by atoms with van der Waals surface area (Å²) < 4.78 is 7.03. The lowest BCUT2D eigenvalue weighted by molar-refractivity contribution is 0.102. The summed E-state index contributed by atoms with van der Waals surface area (Å²) in [5.74, 6) is 0.156. The van der Waals surface area contributed by atoms with Crippen LogP contribution in [0.4, 0.5) is 5.13 Å². The average Bonchev–Trinajstić information content (AvgIpc) is 3.17. The molecule has 1 amide bonds. The van der Waals surface area contributed by atoms with Crippen LogP contribution in [0.25, 0.3) is 0 Å². The van der Waals surface area contributed by atoms with Crippen molar-refractivity contribution in [2.75, 3.05) is 5.32 Å². The Balaban J connectivity index is 1.62. The third-order valence-corrected chi connectivity index (χ3v) is 3.99. The first-order valence-electron chi connectivity index (χ1n) is 6.44. The van der Waals surface area contributed by atoms with E-state index in [1.807, 2.05) is 0 Å². The van der Waals surface area contributed by atoms with E-state index in [2.05, 4.69) is 15.4 Å². The van der Waals surface area contributed by atoms with Gasteiger partial charge >= 0.3 is 0 Å². The molecule has 0 saturated carbocycles. The molecule has 2 aromatic heterocycles. The minimum absolute atomic E-state index is 0.117. The highest BCUT2D eigenvalue weighted by atomic mass is 35.5. The second kappa shape index (κ2) is 6.99. The van der Waals surface area contributed by atoms with E-state index in [1.165, 1.54) is 16.0 Å². The first-order valence-corrected chi connectivity index (χ1v) is 8.07. The number of amides is 1. The zero-order chi connectivity index (χ0) is 16.2. The molecule has 3 rings (SSSR count). The fraction of sp³-hybridized carbons (Fsp3) is 0.0714. The van der Waals surface area contributed by atoms with Gasteiger partial charge in [0.1, 0.15) is 5.75 Å². The maximum atomic E-state index is 12.0. The third-order valence-electron chi connectivity index (χ3n) is 2.77. The largest absolute Gasteiger partial charge is 0.470 e. The van der Waals surface area contributed by atoms with Crippen LogP contribution < -0.4 is 10.1 Å². The number of hydrogen-bond donors (Lipinski definition) is 1. The van der Waals surface area contributed by atoms with Crippen LogP contribution in [0.2, 0.25) is 10.0 Å². The van der Waals surface area contributed by atoms with Crippen molar-refractivity contribution in [3.63, 3.8) is 0 Å².